The molecule has 0 aliphatic carbocycles. The number of nitrogens with two attached hydrogens (primary N) is 1. The standard InChI is InChI=1S/C22H20FN5OS.C12H16N4.C10H6FNO2S/c1-14-6-9-27-11-8-24-20(19(14)27)28-10-7-17(12-28)25-21(29)18-13-30-22(26-18)15-2-4-16(23)5-3-15;1-9-2-5-15-7-4-14-12(11(9)15)16-6-3-10(13)8-16;11-7-3-1-6(2-4-7)9-12-8(5-15-9)10(13)14/h2-6,8-9,11,13,17H,7,10,12H2,1H3,(H,25,29);2,4-5,7,10H,3,6,8,13H2,1H3;1-5H,(H,13,14)/t17-;10-;/m00./s1. The maximum absolute atomic E-state index is 13.1. The first kappa shape index (κ1) is 41.2. The molecule has 2 atom stereocenters. The third-order valence-electron chi connectivity index (χ3n) is 10.5. The zero-order chi connectivity index (χ0) is 42.6. The highest BCUT2D eigenvalue weighted by Gasteiger charge is 2.28. The summed E-state index contributed by atoms with van der Waals surface area (Å²) in [7, 11) is 0. The van der Waals surface area contributed by atoms with Crippen LogP contribution in [0.15, 0.2) is 109 Å². The minimum Gasteiger partial charge on any atom is -0.476 e. The van der Waals surface area contributed by atoms with Gasteiger partial charge in [0.1, 0.15) is 27.3 Å². The molecule has 4 N–H and O–H groups in total. The molecule has 0 unspecified atom stereocenters. The molecule has 2 fully saturated rings. The number of hydrogen-bond acceptors (Lipinski definition) is 11. The predicted molar refractivity (Wildman–Crippen MR) is 235 cm³/mol. The molecule has 2 aliphatic heterocycles. The van der Waals surface area contributed by atoms with Crippen molar-refractivity contribution in [1.29, 1.82) is 0 Å². The number of carbonyl (C=O) groups excluding carboxylic acids is 1. The molecular formula is C44H42F2N10O3S2. The van der Waals surface area contributed by atoms with Gasteiger partial charge in [-0.15, -0.1) is 22.7 Å². The predicted octanol–water partition coefficient (Wildman–Crippen LogP) is 7.74. The average molecular weight is 861 g/mol. The summed E-state index contributed by atoms with van der Waals surface area (Å²) in [4.78, 5) is 45.2. The summed E-state index contributed by atoms with van der Waals surface area (Å²) >= 11 is 2.60. The number of fused-ring (bicyclic) bond motifs is 2. The van der Waals surface area contributed by atoms with Gasteiger partial charge in [-0.1, -0.05) is 0 Å². The van der Waals surface area contributed by atoms with Crippen molar-refractivity contribution in [3.05, 3.63) is 143 Å². The Hall–Kier alpha value is -6.56. The second-order valence-corrected chi connectivity index (χ2v) is 16.5. The molecule has 10 rings (SSSR count). The Balaban J connectivity index is 0.000000139. The van der Waals surface area contributed by atoms with Crippen molar-refractivity contribution in [3.63, 3.8) is 0 Å². The number of carboxylic acids is 1. The molecule has 0 spiro atoms. The normalized spacial score (nSPS) is 16.0. The van der Waals surface area contributed by atoms with Gasteiger partial charge < -0.3 is 34.8 Å². The van der Waals surface area contributed by atoms with Crippen LogP contribution in [0.25, 0.3) is 32.2 Å². The van der Waals surface area contributed by atoms with Crippen LogP contribution in [0.3, 0.4) is 0 Å². The van der Waals surface area contributed by atoms with Crippen LogP contribution in [0.4, 0.5) is 20.4 Å². The molecule has 2 aliphatic rings. The summed E-state index contributed by atoms with van der Waals surface area (Å²) in [6, 6.07) is 16.4. The lowest BCUT2D eigenvalue weighted by atomic mass is 10.2. The van der Waals surface area contributed by atoms with Crippen LogP contribution in [0.1, 0.15) is 44.9 Å². The number of carbonyl (C=O) groups is 2. The maximum Gasteiger partial charge on any atom is 0.355 e. The van der Waals surface area contributed by atoms with Gasteiger partial charge in [-0.25, -0.2) is 33.5 Å². The monoisotopic (exact) mass is 860 g/mol. The van der Waals surface area contributed by atoms with Crippen molar-refractivity contribution < 1.29 is 23.5 Å². The molecule has 6 aromatic heterocycles. The van der Waals surface area contributed by atoms with Gasteiger partial charge in [-0.3, -0.25) is 4.79 Å². The van der Waals surface area contributed by atoms with E-state index in [9.17, 15) is 18.4 Å². The van der Waals surface area contributed by atoms with Crippen molar-refractivity contribution in [2.24, 2.45) is 5.73 Å². The third kappa shape index (κ3) is 9.28. The van der Waals surface area contributed by atoms with Gasteiger partial charge in [0.2, 0.25) is 0 Å². The summed E-state index contributed by atoms with van der Waals surface area (Å²) in [6.45, 7) is 7.67. The lowest BCUT2D eigenvalue weighted by Crippen LogP contribution is -2.37. The van der Waals surface area contributed by atoms with E-state index in [1.807, 2.05) is 24.8 Å². The Morgan fingerprint density at radius 1 is 0.705 bits per heavy atom. The van der Waals surface area contributed by atoms with E-state index in [0.717, 1.165) is 55.2 Å². The van der Waals surface area contributed by atoms with E-state index >= 15 is 0 Å². The molecular weight excluding hydrogens is 819 g/mol. The highest BCUT2D eigenvalue weighted by molar-refractivity contribution is 7.13. The Labute approximate surface area is 357 Å². The number of nitrogens with one attached hydrogen (secondary N) is 1. The molecule has 0 radical (unpaired) electrons. The number of carboxylic acid groups (broad SMARTS) is 1. The molecule has 1 amide bonds. The molecule has 8 heterocycles. The van der Waals surface area contributed by atoms with E-state index < -0.39 is 5.97 Å². The minimum absolute atomic E-state index is 0.0133. The topological polar surface area (TPSA) is 159 Å². The number of thiazole rings is 2. The number of nitrogens with zero attached hydrogens (tertiary/aromatic N) is 8. The quantitative estimate of drug-likeness (QED) is 0.145. The van der Waals surface area contributed by atoms with E-state index in [1.165, 1.54) is 69.0 Å². The van der Waals surface area contributed by atoms with Crippen LogP contribution in [-0.4, -0.2) is 84.0 Å². The number of aryl methyl sites for hydroxylation is 2. The Morgan fingerprint density at radius 2 is 1.20 bits per heavy atom. The van der Waals surface area contributed by atoms with Crippen LogP contribution in [-0.2, 0) is 0 Å². The number of aromatic nitrogens is 6. The fraction of sp³-hybridized carbons (Fsp3) is 0.227. The Morgan fingerprint density at radius 3 is 1.69 bits per heavy atom. The first-order valence-electron chi connectivity index (χ1n) is 19.6. The molecule has 312 valence electrons. The van der Waals surface area contributed by atoms with E-state index in [0.29, 0.717) is 27.8 Å². The van der Waals surface area contributed by atoms with Gasteiger partial charge in [-0.05, 0) is 98.5 Å². The van der Waals surface area contributed by atoms with E-state index in [1.54, 1.807) is 35.8 Å². The number of hydrogen-bond donors (Lipinski definition) is 3. The lowest BCUT2D eigenvalue weighted by Gasteiger charge is -2.19. The van der Waals surface area contributed by atoms with Crippen LogP contribution in [0.5, 0.6) is 0 Å². The molecule has 2 aromatic carbocycles. The van der Waals surface area contributed by atoms with Crippen molar-refractivity contribution in [2.45, 2.75) is 38.8 Å². The number of rotatable bonds is 7. The zero-order valence-electron chi connectivity index (χ0n) is 33.3. The highest BCUT2D eigenvalue weighted by Crippen LogP contribution is 2.29. The van der Waals surface area contributed by atoms with E-state index in [4.69, 9.17) is 10.8 Å². The second-order valence-electron chi connectivity index (χ2n) is 14.8. The van der Waals surface area contributed by atoms with Crippen molar-refractivity contribution >= 4 is 57.2 Å². The molecule has 8 aromatic rings. The number of amides is 1. The fourth-order valence-electron chi connectivity index (χ4n) is 7.38. The number of aromatic carboxylic acids is 1. The summed E-state index contributed by atoms with van der Waals surface area (Å²) in [5, 5.41) is 16.2. The molecule has 2 saturated heterocycles. The molecule has 61 heavy (non-hydrogen) atoms. The van der Waals surface area contributed by atoms with Gasteiger partial charge in [-0.2, -0.15) is 0 Å². The molecule has 0 bridgehead atoms. The van der Waals surface area contributed by atoms with Crippen LogP contribution < -0.4 is 20.9 Å². The maximum atomic E-state index is 13.1. The Bertz CT molecular complexity index is 2800. The first-order chi connectivity index (χ1) is 29.5. The van der Waals surface area contributed by atoms with Gasteiger partial charge in [0.05, 0.1) is 11.0 Å². The average Bonchev–Trinajstić information content (AvgIpc) is 4.13. The van der Waals surface area contributed by atoms with Gasteiger partial charge in [0.25, 0.3) is 5.91 Å². The largest absolute Gasteiger partial charge is 0.476 e. The molecule has 0 saturated carbocycles. The van der Waals surface area contributed by atoms with Crippen LogP contribution in [0, 0.1) is 25.5 Å². The number of halogens is 2. The van der Waals surface area contributed by atoms with E-state index in [2.05, 4.69) is 76.0 Å². The highest BCUT2D eigenvalue weighted by atomic mass is 32.1. The smallest absolute Gasteiger partial charge is 0.355 e. The first-order valence-corrected chi connectivity index (χ1v) is 21.3. The van der Waals surface area contributed by atoms with Gasteiger partial charge in [0, 0.05) is 97.3 Å². The van der Waals surface area contributed by atoms with Crippen LogP contribution >= 0.6 is 22.7 Å². The third-order valence-corrected chi connectivity index (χ3v) is 12.3. The second kappa shape index (κ2) is 18.0. The lowest BCUT2D eigenvalue weighted by molar-refractivity contribution is 0.0691. The van der Waals surface area contributed by atoms with Gasteiger partial charge >= 0.3 is 5.97 Å². The number of anilines is 2. The molecule has 13 nitrogen and oxygen atoms in total. The minimum atomic E-state index is -1.06. The Kier molecular flexibility index (Phi) is 12.1. The van der Waals surface area contributed by atoms with Crippen molar-refractivity contribution in [2.75, 3.05) is 36.0 Å². The summed E-state index contributed by atoms with van der Waals surface area (Å²) in [5.74, 6) is 0.159. The fourth-order valence-corrected chi connectivity index (χ4v) is 8.98. The zero-order valence-corrected chi connectivity index (χ0v) is 34.9. The van der Waals surface area contributed by atoms with Gasteiger partial charge in [0.15, 0.2) is 17.3 Å². The summed E-state index contributed by atoms with van der Waals surface area (Å²) < 4.78 is 29.9. The number of benzene rings is 2. The molecule has 17 heteroatoms. The van der Waals surface area contributed by atoms with Crippen molar-refractivity contribution in [3.8, 4) is 21.1 Å². The summed E-state index contributed by atoms with van der Waals surface area (Å²) in [5.41, 5.74) is 12.6. The summed E-state index contributed by atoms with van der Waals surface area (Å²) in [6.07, 6.45) is 13.6. The van der Waals surface area contributed by atoms with E-state index in [-0.39, 0.29) is 35.3 Å². The van der Waals surface area contributed by atoms with Crippen LogP contribution in [0.2, 0.25) is 0 Å². The SMILES string of the molecule is Cc1ccn2ccnc(N3CC[C@H](N)C3)c12.Cc1ccn2ccnc(N3CC[C@H](NC(=O)c4csc(-c5ccc(F)cc5)n4)C3)c12.O=C(O)c1csc(-c2ccc(F)cc2)n1. The van der Waals surface area contributed by atoms with Crippen molar-refractivity contribution in [1.82, 2.24) is 34.1 Å².